The van der Waals surface area contributed by atoms with Crippen LogP contribution in [0.4, 0.5) is 10.5 Å². The Hall–Kier alpha value is -1.48. The zero-order valence-electron chi connectivity index (χ0n) is 8.42. The van der Waals surface area contributed by atoms with E-state index in [-0.39, 0.29) is 6.61 Å². The average molecular weight is 226 g/mol. The van der Waals surface area contributed by atoms with Gasteiger partial charge in [-0.15, -0.1) is 0 Å². The lowest BCUT2D eigenvalue weighted by Crippen LogP contribution is -2.14. The summed E-state index contributed by atoms with van der Waals surface area (Å²) in [5.74, 6) is 0. The number of amides is 1. The summed E-state index contributed by atoms with van der Waals surface area (Å²) in [6.07, 6.45) is 0.991. The van der Waals surface area contributed by atoms with Crippen molar-refractivity contribution in [2.24, 2.45) is 0 Å². The maximum absolute atomic E-state index is 11.2. The van der Waals surface area contributed by atoms with Crippen LogP contribution in [-0.4, -0.2) is 12.7 Å². The molecule has 80 valence electrons. The monoisotopic (exact) mass is 225 g/mol. The molecule has 1 aromatic rings. The lowest BCUT2D eigenvalue weighted by Gasteiger charge is -2.08. The fraction of sp³-hybridized carbons (Fsp3) is 0.182. The third-order valence-electron chi connectivity index (χ3n) is 1.77. The molecule has 0 aliphatic heterocycles. The van der Waals surface area contributed by atoms with Crippen LogP contribution in [0.1, 0.15) is 5.56 Å². The van der Waals surface area contributed by atoms with Crippen molar-refractivity contribution < 1.29 is 9.53 Å². The molecule has 1 rings (SSSR count). The highest BCUT2D eigenvalue weighted by Crippen LogP contribution is 2.20. The molecule has 1 aromatic carbocycles. The van der Waals surface area contributed by atoms with E-state index in [4.69, 9.17) is 16.3 Å². The van der Waals surface area contributed by atoms with Crippen LogP contribution < -0.4 is 5.32 Å². The first-order valence-electron chi connectivity index (χ1n) is 4.44. The molecule has 1 N–H and O–H groups in total. The van der Waals surface area contributed by atoms with E-state index in [2.05, 4.69) is 11.9 Å². The molecule has 1 amide bonds. The predicted molar refractivity (Wildman–Crippen MR) is 61.4 cm³/mol. The summed E-state index contributed by atoms with van der Waals surface area (Å²) in [7, 11) is 0. The number of hydrogen-bond donors (Lipinski definition) is 1. The lowest BCUT2D eigenvalue weighted by molar-refractivity contribution is 0.174. The number of anilines is 1. The van der Waals surface area contributed by atoms with Crippen molar-refractivity contribution in [1.29, 1.82) is 0 Å². The average Bonchev–Trinajstić information content (AvgIpc) is 2.20. The highest BCUT2D eigenvalue weighted by atomic mass is 35.5. The Bertz CT molecular complexity index is 377. The van der Waals surface area contributed by atoms with Crippen LogP contribution in [-0.2, 0) is 4.74 Å². The van der Waals surface area contributed by atoms with Crippen LogP contribution in [0.2, 0.25) is 5.02 Å². The molecule has 4 heteroatoms. The van der Waals surface area contributed by atoms with E-state index < -0.39 is 6.09 Å². The minimum Gasteiger partial charge on any atom is -0.445 e. The van der Waals surface area contributed by atoms with Gasteiger partial charge in [-0.25, -0.2) is 4.79 Å². The van der Waals surface area contributed by atoms with Gasteiger partial charge in [-0.3, -0.25) is 5.32 Å². The van der Waals surface area contributed by atoms with Crippen LogP contribution in [0.3, 0.4) is 0 Å². The van der Waals surface area contributed by atoms with Gasteiger partial charge in [0.25, 0.3) is 0 Å². The quantitative estimate of drug-likeness (QED) is 0.801. The molecule has 3 nitrogen and oxygen atoms in total. The highest BCUT2D eigenvalue weighted by Gasteiger charge is 2.04. The number of halogens is 1. The van der Waals surface area contributed by atoms with Gasteiger partial charge >= 0.3 is 6.09 Å². The molecule has 0 fully saturated rings. The molecule has 0 bridgehead atoms. The molecule has 0 unspecified atom stereocenters. The first-order valence-corrected chi connectivity index (χ1v) is 4.82. The Kier molecular flexibility index (Phi) is 4.18. The van der Waals surface area contributed by atoms with Gasteiger partial charge in [-0.1, -0.05) is 30.3 Å². The third-order valence-corrected chi connectivity index (χ3v) is 2.00. The maximum atomic E-state index is 11.2. The maximum Gasteiger partial charge on any atom is 0.411 e. The molecule has 0 heterocycles. The Balaban J connectivity index is 2.67. The van der Waals surface area contributed by atoms with E-state index in [0.717, 1.165) is 5.56 Å². The second-order valence-electron chi connectivity index (χ2n) is 2.97. The van der Waals surface area contributed by atoms with Crippen molar-refractivity contribution in [2.75, 3.05) is 11.9 Å². The van der Waals surface area contributed by atoms with E-state index in [1.54, 1.807) is 12.1 Å². The van der Waals surface area contributed by atoms with Crippen molar-refractivity contribution in [1.82, 2.24) is 0 Å². The number of ether oxygens (including phenoxy) is 1. The zero-order valence-corrected chi connectivity index (χ0v) is 9.17. The lowest BCUT2D eigenvalue weighted by atomic mass is 10.2. The number of hydrogen-bond acceptors (Lipinski definition) is 2. The fourth-order valence-corrected chi connectivity index (χ4v) is 1.18. The van der Waals surface area contributed by atoms with Gasteiger partial charge < -0.3 is 4.74 Å². The predicted octanol–water partition coefficient (Wildman–Crippen LogP) is 3.38. The number of rotatable bonds is 3. The van der Waals surface area contributed by atoms with E-state index in [0.29, 0.717) is 10.7 Å². The molecular weight excluding hydrogens is 214 g/mol. The number of aryl methyl sites for hydroxylation is 1. The number of nitrogens with one attached hydrogen (secondary N) is 1. The first kappa shape index (κ1) is 11.6. The highest BCUT2D eigenvalue weighted by molar-refractivity contribution is 6.30. The summed E-state index contributed by atoms with van der Waals surface area (Å²) in [6, 6.07) is 5.26. The summed E-state index contributed by atoms with van der Waals surface area (Å²) in [5.41, 5.74) is 1.58. The second kappa shape index (κ2) is 5.41. The summed E-state index contributed by atoms with van der Waals surface area (Å²) in [6.45, 7) is 5.51. The fourth-order valence-electron chi connectivity index (χ4n) is 1.01. The van der Waals surface area contributed by atoms with Crippen LogP contribution in [0.25, 0.3) is 0 Å². The van der Waals surface area contributed by atoms with Crippen molar-refractivity contribution >= 4 is 23.4 Å². The smallest absolute Gasteiger partial charge is 0.411 e. The zero-order chi connectivity index (χ0) is 11.3. The Morgan fingerprint density at radius 2 is 2.40 bits per heavy atom. The molecule has 0 aromatic heterocycles. The van der Waals surface area contributed by atoms with Gasteiger partial charge in [0.15, 0.2) is 0 Å². The largest absolute Gasteiger partial charge is 0.445 e. The minimum absolute atomic E-state index is 0.186. The summed E-state index contributed by atoms with van der Waals surface area (Å²) in [4.78, 5) is 11.2. The summed E-state index contributed by atoms with van der Waals surface area (Å²) in [5, 5.41) is 3.16. The SMILES string of the molecule is C=CCOC(=O)Nc1cc(Cl)ccc1C. The summed E-state index contributed by atoms with van der Waals surface area (Å²) >= 11 is 5.80. The molecule has 0 spiro atoms. The van der Waals surface area contributed by atoms with E-state index in [9.17, 15) is 4.79 Å². The minimum atomic E-state index is -0.514. The molecule has 0 saturated carbocycles. The third kappa shape index (κ3) is 3.64. The molecule has 15 heavy (non-hydrogen) atoms. The van der Waals surface area contributed by atoms with Gasteiger partial charge in [0.05, 0.1) is 0 Å². The molecular formula is C11H12ClNO2. The van der Waals surface area contributed by atoms with Crippen LogP contribution >= 0.6 is 11.6 Å². The summed E-state index contributed by atoms with van der Waals surface area (Å²) < 4.78 is 4.78. The van der Waals surface area contributed by atoms with Crippen LogP contribution in [0.15, 0.2) is 30.9 Å². The van der Waals surface area contributed by atoms with Gasteiger partial charge in [0, 0.05) is 10.7 Å². The molecule has 0 radical (unpaired) electrons. The Labute approximate surface area is 93.7 Å². The van der Waals surface area contributed by atoms with E-state index >= 15 is 0 Å². The second-order valence-corrected chi connectivity index (χ2v) is 3.41. The molecule has 0 saturated heterocycles. The number of carbonyl (C=O) groups excluding carboxylic acids is 1. The Morgan fingerprint density at radius 1 is 1.67 bits per heavy atom. The van der Waals surface area contributed by atoms with E-state index in [1.165, 1.54) is 6.08 Å². The van der Waals surface area contributed by atoms with Crippen molar-refractivity contribution in [3.63, 3.8) is 0 Å². The first-order chi connectivity index (χ1) is 7.13. The Morgan fingerprint density at radius 3 is 3.07 bits per heavy atom. The topological polar surface area (TPSA) is 38.3 Å². The molecule has 0 atom stereocenters. The van der Waals surface area contributed by atoms with Crippen LogP contribution in [0.5, 0.6) is 0 Å². The number of benzene rings is 1. The van der Waals surface area contributed by atoms with Crippen LogP contribution in [0, 0.1) is 6.92 Å². The number of carbonyl (C=O) groups is 1. The molecule has 0 aliphatic carbocycles. The van der Waals surface area contributed by atoms with Crippen molar-refractivity contribution in [3.8, 4) is 0 Å². The van der Waals surface area contributed by atoms with Crippen molar-refractivity contribution in [2.45, 2.75) is 6.92 Å². The van der Waals surface area contributed by atoms with Gasteiger partial charge in [-0.05, 0) is 24.6 Å². The van der Waals surface area contributed by atoms with Gasteiger partial charge in [0.2, 0.25) is 0 Å². The van der Waals surface area contributed by atoms with Gasteiger partial charge in [0.1, 0.15) is 6.61 Å². The standard InChI is InChI=1S/C11H12ClNO2/c1-3-6-15-11(14)13-10-7-9(12)5-4-8(10)2/h3-5,7H,1,6H2,2H3,(H,13,14). The van der Waals surface area contributed by atoms with Crippen molar-refractivity contribution in [3.05, 3.63) is 41.4 Å². The van der Waals surface area contributed by atoms with Gasteiger partial charge in [-0.2, -0.15) is 0 Å². The van der Waals surface area contributed by atoms with E-state index in [1.807, 2.05) is 13.0 Å². The normalized spacial score (nSPS) is 9.47. The molecule has 0 aliphatic rings.